The molecular weight excluding hydrogens is 283 g/mol. The fourth-order valence-corrected chi connectivity index (χ4v) is 3.06. The van der Waals surface area contributed by atoms with E-state index >= 15 is 0 Å². The third-order valence-electron chi connectivity index (χ3n) is 3.84. The minimum absolute atomic E-state index is 0.168. The van der Waals surface area contributed by atoms with Crippen LogP contribution in [0.3, 0.4) is 0 Å². The molecule has 0 spiro atoms. The molecule has 0 amide bonds. The zero-order valence-corrected chi connectivity index (χ0v) is 14.5. The van der Waals surface area contributed by atoms with Crippen molar-refractivity contribution in [3.05, 3.63) is 35.6 Å². The average molecular weight is 312 g/mol. The van der Waals surface area contributed by atoms with Crippen LogP contribution in [0.5, 0.6) is 0 Å². The highest BCUT2D eigenvalue weighted by Crippen LogP contribution is 2.18. The number of nitrogens with one attached hydrogen (secondary N) is 1. The average Bonchev–Trinajstić information content (AvgIpc) is 2.48. The van der Waals surface area contributed by atoms with Crippen molar-refractivity contribution in [2.24, 2.45) is 0 Å². The van der Waals surface area contributed by atoms with E-state index in [9.17, 15) is 4.39 Å². The first-order valence-electron chi connectivity index (χ1n) is 7.76. The molecule has 0 fully saturated rings. The van der Waals surface area contributed by atoms with Crippen molar-refractivity contribution < 1.29 is 4.39 Å². The van der Waals surface area contributed by atoms with Crippen LogP contribution in [-0.2, 0) is 0 Å². The third kappa shape index (κ3) is 6.81. The maximum Gasteiger partial charge on any atom is 0.123 e. The van der Waals surface area contributed by atoms with E-state index in [1.807, 2.05) is 23.9 Å². The van der Waals surface area contributed by atoms with Gasteiger partial charge >= 0.3 is 0 Å². The number of benzene rings is 1. The molecular formula is C17H29FN2S. The number of hydrogen-bond donors (Lipinski definition) is 1. The molecule has 0 saturated heterocycles. The smallest absolute Gasteiger partial charge is 0.123 e. The Morgan fingerprint density at radius 1 is 1.29 bits per heavy atom. The Morgan fingerprint density at radius 2 is 1.95 bits per heavy atom. The van der Waals surface area contributed by atoms with Crippen LogP contribution in [0, 0.1) is 5.82 Å². The highest BCUT2D eigenvalue weighted by Gasteiger charge is 2.14. The summed E-state index contributed by atoms with van der Waals surface area (Å²) < 4.78 is 13.1. The second kappa shape index (κ2) is 10.2. The fraction of sp³-hybridized carbons (Fsp3) is 0.647. The highest BCUT2D eigenvalue weighted by molar-refractivity contribution is 7.98. The quantitative estimate of drug-likeness (QED) is 0.704. The molecule has 0 radical (unpaired) electrons. The molecule has 1 aromatic carbocycles. The summed E-state index contributed by atoms with van der Waals surface area (Å²) in [5.74, 6) is 0.985. The van der Waals surface area contributed by atoms with Gasteiger partial charge in [0.2, 0.25) is 0 Å². The van der Waals surface area contributed by atoms with Crippen molar-refractivity contribution in [2.75, 3.05) is 32.1 Å². The number of thioether (sulfide) groups is 1. The predicted molar refractivity (Wildman–Crippen MR) is 92.5 cm³/mol. The minimum atomic E-state index is -0.168. The Balaban J connectivity index is 2.59. The summed E-state index contributed by atoms with van der Waals surface area (Å²) in [4.78, 5) is 2.40. The fourth-order valence-electron chi connectivity index (χ4n) is 2.32. The lowest BCUT2D eigenvalue weighted by Crippen LogP contribution is -2.34. The number of halogens is 1. The van der Waals surface area contributed by atoms with Gasteiger partial charge in [-0.1, -0.05) is 19.1 Å². The summed E-state index contributed by atoms with van der Waals surface area (Å²) in [7, 11) is 2.18. The number of hydrogen-bond acceptors (Lipinski definition) is 3. The van der Waals surface area contributed by atoms with E-state index < -0.39 is 0 Å². The summed E-state index contributed by atoms with van der Waals surface area (Å²) in [6, 6.07) is 7.78. The monoisotopic (exact) mass is 312 g/mol. The standard InChI is InChI=1S/C17H29FN2S/c1-5-11-19-17(15-6-8-16(18)9-7-15)10-12-20(3)14(2)13-21-4/h6-9,14,17,19H,5,10-13H2,1-4H3. The lowest BCUT2D eigenvalue weighted by molar-refractivity contribution is 0.260. The molecule has 0 saturated carbocycles. The molecule has 2 nitrogen and oxygen atoms in total. The van der Waals surface area contributed by atoms with Crippen LogP contribution < -0.4 is 5.32 Å². The number of nitrogens with zero attached hydrogens (tertiary/aromatic N) is 1. The van der Waals surface area contributed by atoms with Gasteiger partial charge in [-0.15, -0.1) is 0 Å². The van der Waals surface area contributed by atoms with E-state index in [0.29, 0.717) is 12.1 Å². The minimum Gasteiger partial charge on any atom is -0.310 e. The van der Waals surface area contributed by atoms with Gasteiger partial charge in [-0.05, 0) is 63.9 Å². The van der Waals surface area contributed by atoms with Gasteiger partial charge < -0.3 is 10.2 Å². The third-order valence-corrected chi connectivity index (χ3v) is 4.66. The van der Waals surface area contributed by atoms with Crippen LogP contribution in [0.4, 0.5) is 4.39 Å². The molecule has 0 aliphatic rings. The van der Waals surface area contributed by atoms with Crippen molar-refractivity contribution in [3.63, 3.8) is 0 Å². The molecule has 0 aromatic heterocycles. The van der Waals surface area contributed by atoms with Crippen molar-refractivity contribution >= 4 is 11.8 Å². The molecule has 2 unspecified atom stereocenters. The van der Waals surface area contributed by atoms with E-state index in [1.54, 1.807) is 12.1 Å². The Hall–Kier alpha value is -0.580. The number of rotatable bonds is 10. The van der Waals surface area contributed by atoms with Crippen LogP contribution in [0.1, 0.15) is 38.3 Å². The SMILES string of the molecule is CCCNC(CCN(C)C(C)CSC)c1ccc(F)cc1. The lowest BCUT2D eigenvalue weighted by Gasteiger charge is -2.27. The first-order chi connectivity index (χ1) is 10.1. The van der Waals surface area contributed by atoms with Crippen molar-refractivity contribution in [2.45, 2.75) is 38.8 Å². The summed E-state index contributed by atoms with van der Waals surface area (Å²) in [5.41, 5.74) is 1.18. The molecule has 0 aliphatic heterocycles. The molecule has 21 heavy (non-hydrogen) atoms. The van der Waals surface area contributed by atoms with Gasteiger partial charge in [0.05, 0.1) is 0 Å². The van der Waals surface area contributed by atoms with Crippen LogP contribution in [0.15, 0.2) is 24.3 Å². The summed E-state index contributed by atoms with van der Waals surface area (Å²) in [6.45, 7) is 6.47. The first kappa shape index (κ1) is 18.5. The predicted octanol–water partition coefficient (Wildman–Crippen LogP) is 3.94. The van der Waals surface area contributed by atoms with E-state index in [0.717, 1.165) is 31.7 Å². The van der Waals surface area contributed by atoms with Crippen LogP contribution >= 0.6 is 11.8 Å². The van der Waals surface area contributed by atoms with Crippen LogP contribution in [0.25, 0.3) is 0 Å². The Bertz CT molecular complexity index is 383. The van der Waals surface area contributed by atoms with Gasteiger partial charge in [0, 0.05) is 17.8 Å². The van der Waals surface area contributed by atoms with Crippen molar-refractivity contribution in [1.82, 2.24) is 10.2 Å². The van der Waals surface area contributed by atoms with Gasteiger partial charge in [0.25, 0.3) is 0 Å². The Morgan fingerprint density at radius 3 is 2.52 bits per heavy atom. The lowest BCUT2D eigenvalue weighted by atomic mass is 10.0. The maximum absolute atomic E-state index is 13.1. The van der Waals surface area contributed by atoms with Gasteiger partial charge in [-0.3, -0.25) is 0 Å². The van der Waals surface area contributed by atoms with Crippen LogP contribution in [-0.4, -0.2) is 43.1 Å². The highest BCUT2D eigenvalue weighted by atomic mass is 32.2. The van der Waals surface area contributed by atoms with Crippen molar-refractivity contribution in [3.8, 4) is 0 Å². The maximum atomic E-state index is 13.1. The molecule has 2 atom stereocenters. The van der Waals surface area contributed by atoms with E-state index in [-0.39, 0.29) is 5.82 Å². The van der Waals surface area contributed by atoms with Crippen LogP contribution in [0.2, 0.25) is 0 Å². The zero-order chi connectivity index (χ0) is 15.7. The van der Waals surface area contributed by atoms with Crippen molar-refractivity contribution in [1.29, 1.82) is 0 Å². The Kier molecular flexibility index (Phi) is 8.97. The second-order valence-electron chi connectivity index (χ2n) is 5.63. The molecule has 1 aromatic rings. The summed E-state index contributed by atoms with van der Waals surface area (Å²) >= 11 is 1.89. The molecule has 120 valence electrons. The van der Waals surface area contributed by atoms with Gasteiger partial charge in [-0.2, -0.15) is 11.8 Å². The molecule has 4 heteroatoms. The molecule has 0 heterocycles. The largest absolute Gasteiger partial charge is 0.310 e. The Labute approximate surface area is 133 Å². The molecule has 0 bridgehead atoms. The van der Waals surface area contributed by atoms with E-state index in [1.165, 1.54) is 5.56 Å². The summed E-state index contributed by atoms with van der Waals surface area (Å²) in [6.07, 6.45) is 4.30. The zero-order valence-electron chi connectivity index (χ0n) is 13.7. The normalized spacial score (nSPS) is 14.4. The molecule has 1 rings (SSSR count). The van der Waals surface area contributed by atoms with Gasteiger partial charge in [0.15, 0.2) is 0 Å². The summed E-state index contributed by atoms with van der Waals surface area (Å²) in [5, 5.41) is 3.58. The topological polar surface area (TPSA) is 15.3 Å². The van der Waals surface area contributed by atoms with E-state index in [2.05, 4.69) is 37.4 Å². The first-order valence-corrected chi connectivity index (χ1v) is 9.15. The van der Waals surface area contributed by atoms with Gasteiger partial charge in [0.1, 0.15) is 5.82 Å². The van der Waals surface area contributed by atoms with Gasteiger partial charge in [-0.25, -0.2) is 4.39 Å². The second-order valence-corrected chi connectivity index (χ2v) is 6.54. The van der Waals surface area contributed by atoms with E-state index in [4.69, 9.17) is 0 Å². The molecule has 1 N–H and O–H groups in total. The molecule has 0 aliphatic carbocycles.